The van der Waals surface area contributed by atoms with Gasteiger partial charge in [0.2, 0.25) is 0 Å². The van der Waals surface area contributed by atoms with Gasteiger partial charge in [-0.3, -0.25) is 0 Å². The number of hydrogen-bond acceptors (Lipinski definition) is 2. The highest BCUT2D eigenvalue weighted by Crippen LogP contribution is 2.44. The second-order valence-electron chi connectivity index (χ2n) is 4.19. The fourth-order valence-corrected chi connectivity index (χ4v) is 2.84. The van der Waals surface area contributed by atoms with Crippen LogP contribution >= 0.6 is 0 Å². The van der Waals surface area contributed by atoms with Crippen molar-refractivity contribution in [1.29, 1.82) is 0 Å². The van der Waals surface area contributed by atoms with Crippen LogP contribution < -0.4 is 0 Å². The first-order valence-electron chi connectivity index (χ1n) is 5.20. The lowest BCUT2D eigenvalue weighted by Crippen LogP contribution is -2.33. The van der Waals surface area contributed by atoms with Crippen molar-refractivity contribution in [1.82, 2.24) is 0 Å². The summed E-state index contributed by atoms with van der Waals surface area (Å²) >= 11 is 0. The monoisotopic (exact) mass is 188 g/mol. The molecule has 1 N–H and O–H groups in total. The summed E-state index contributed by atoms with van der Waals surface area (Å²) in [5, 5.41) is 9.26. The van der Waals surface area contributed by atoms with Crippen LogP contribution in [0.4, 0.5) is 4.39 Å². The fourth-order valence-electron chi connectivity index (χ4n) is 2.84. The Morgan fingerprint density at radius 2 is 2.23 bits per heavy atom. The first kappa shape index (κ1) is 9.41. The SMILES string of the molecule is CCC1C(F)CC2OC(O)CCC21. The summed E-state index contributed by atoms with van der Waals surface area (Å²) in [5.74, 6) is 0.515. The molecular formula is C10H17FO2. The van der Waals surface area contributed by atoms with Gasteiger partial charge in [-0.05, 0) is 24.7 Å². The van der Waals surface area contributed by atoms with Gasteiger partial charge >= 0.3 is 0 Å². The van der Waals surface area contributed by atoms with E-state index < -0.39 is 12.5 Å². The predicted octanol–water partition coefficient (Wildman–Crippen LogP) is 1.87. The van der Waals surface area contributed by atoms with Crippen LogP contribution in [0.1, 0.15) is 32.6 Å². The number of aliphatic hydroxyl groups excluding tert-OH is 1. The molecule has 0 spiro atoms. The summed E-state index contributed by atoms with van der Waals surface area (Å²) in [6.07, 6.45) is 1.58. The highest BCUT2D eigenvalue weighted by atomic mass is 19.1. The molecule has 1 aliphatic heterocycles. The molecule has 1 aliphatic carbocycles. The molecule has 5 atom stereocenters. The molecule has 0 aromatic rings. The molecule has 2 rings (SSSR count). The van der Waals surface area contributed by atoms with Gasteiger partial charge in [-0.15, -0.1) is 0 Å². The Morgan fingerprint density at radius 1 is 1.46 bits per heavy atom. The quantitative estimate of drug-likeness (QED) is 0.680. The van der Waals surface area contributed by atoms with Gasteiger partial charge in [0.1, 0.15) is 6.17 Å². The van der Waals surface area contributed by atoms with Gasteiger partial charge in [-0.25, -0.2) is 4.39 Å². The van der Waals surface area contributed by atoms with E-state index in [1.165, 1.54) is 0 Å². The van der Waals surface area contributed by atoms with Gasteiger partial charge in [-0.2, -0.15) is 0 Å². The van der Waals surface area contributed by atoms with Crippen LogP contribution in [0.5, 0.6) is 0 Å². The van der Waals surface area contributed by atoms with E-state index in [9.17, 15) is 9.50 Å². The van der Waals surface area contributed by atoms with Crippen molar-refractivity contribution >= 4 is 0 Å². The second kappa shape index (κ2) is 3.54. The molecule has 0 bridgehead atoms. The summed E-state index contributed by atoms with van der Waals surface area (Å²) in [6, 6.07) is 0. The number of rotatable bonds is 1. The molecular weight excluding hydrogens is 171 g/mol. The maximum absolute atomic E-state index is 13.5. The molecule has 76 valence electrons. The molecule has 2 nitrogen and oxygen atoms in total. The summed E-state index contributed by atoms with van der Waals surface area (Å²) in [4.78, 5) is 0. The maximum atomic E-state index is 13.5. The van der Waals surface area contributed by atoms with E-state index in [1.807, 2.05) is 6.92 Å². The minimum atomic E-state index is -0.717. The van der Waals surface area contributed by atoms with Crippen molar-refractivity contribution in [2.75, 3.05) is 0 Å². The van der Waals surface area contributed by atoms with E-state index in [-0.39, 0.29) is 12.0 Å². The smallest absolute Gasteiger partial charge is 0.154 e. The number of fused-ring (bicyclic) bond motifs is 1. The first-order valence-corrected chi connectivity index (χ1v) is 5.20. The zero-order chi connectivity index (χ0) is 9.42. The number of halogens is 1. The zero-order valence-electron chi connectivity index (χ0n) is 7.95. The molecule has 2 fully saturated rings. The Labute approximate surface area is 78.1 Å². The Kier molecular flexibility index (Phi) is 2.56. The second-order valence-corrected chi connectivity index (χ2v) is 4.19. The van der Waals surface area contributed by atoms with Gasteiger partial charge < -0.3 is 9.84 Å². The van der Waals surface area contributed by atoms with Crippen molar-refractivity contribution in [3.8, 4) is 0 Å². The largest absolute Gasteiger partial charge is 0.368 e. The molecule has 3 heteroatoms. The third kappa shape index (κ3) is 1.59. The van der Waals surface area contributed by atoms with Crippen molar-refractivity contribution < 1.29 is 14.2 Å². The van der Waals surface area contributed by atoms with Crippen LogP contribution in [0, 0.1) is 11.8 Å². The highest BCUT2D eigenvalue weighted by molar-refractivity contribution is 4.93. The first-order chi connectivity index (χ1) is 6.22. The predicted molar refractivity (Wildman–Crippen MR) is 46.9 cm³/mol. The van der Waals surface area contributed by atoms with Crippen molar-refractivity contribution in [2.45, 2.75) is 51.2 Å². The number of aliphatic hydroxyl groups is 1. The third-order valence-corrected chi connectivity index (χ3v) is 3.50. The molecule has 13 heavy (non-hydrogen) atoms. The van der Waals surface area contributed by atoms with Crippen molar-refractivity contribution in [3.63, 3.8) is 0 Å². The maximum Gasteiger partial charge on any atom is 0.154 e. The van der Waals surface area contributed by atoms with E-state index in [2.05, 4.69) is 0 Å². The molecule has 0 aromatic heterocycles. The van der Waals surface area contributed by atoms with Gasteiger partial charge in [0.05, 0.1) is 6.10 Å². The lowest BCUT2D eigenvalue weighted by molar-refractivity contribution is -0.178. The molecule has 1 heterocycles. The summed E-state index contributed by atoms with van der Waals surface area (Å²) in [6.45, 7) is 2.03. The number of alkyl halides is 1. The minimum absolute atomic E-state index is 0.0244. The zero-order valence-corrected chi connectivity index (χ0v) is 7.95. The molecule has 0 amide bonds. The molecule has 2 aliphatic rings. The Hall–Kier alpha value is -0.150. The topological polar surface area (TPSA) is 29.5 Å². The van der Waals surface area contributed by atoms with Gasteiger partial charge in [-0.1, -0.05) is 13.3 Å². The van der Waals surface area contributed by atoms with Gasteiger partial charge in [0.15, 0.2) is 6.29 Å². The van der Waals surface area contributed by atoms with Crippen LogP contribution in [0.2, 0.25) is 0 Å². The van der Waals surface area contributed by atoms with E-state index >= 15 is 0 Å². The van der Waals surface area contributed by atoms with Crippen molar-refractivity contribution in [3.05, 3.63) is 0 Å². The lowest BCUT2D eigenvalue weighted by atomic mass is 9.86. The third-order valence-electron chi connectivity index (χ3n) is 3.50. The summed E-state index contributed by atoms with van der Waals surface area (Å²) in [7, 11) is 0. The summed E-state index contributed by atoms with van der Waals surface area (Å²) in [5.41, 5.74) is 0. The van der Waals surface area contributed by atoms with Crippen LogP contribution in [-0.4, -0.2) is 23.7 Å². The van der Waals surface area contributed by atoms with Crippen LogP contribution in [0.3, 0.4) is 0 Å². The normalized spacial score (nSPS) is 50.5. The van der Waals surface area contributed by atoms with Gasteiger partial charge in [0, 0.05) is 6.42 Å². The molecule has 0 aromatic carbocycles. The Balaban J connectivity index is 2.04. The van der Waals surface area contributed by atoms with E-state index in [0.717, 1.165) is 12.8 Å². The van der Waals surface area contributed by atoms with E-state index in [0.29, 0.717) is 18.8 Å². The lowest BCUT2D eigenvalue weighted by Gasteiger charge is -2.31. The minimum Gasteiger partial charge on any atom is -0.368 e. The molecule has 1 saturated carbocycles. The Morgan fingerprint density at radius 3 is 2.92 bits per heavy atom. The standard InChI is InChI=1S/C10H17FO2/c1-2-6-7-3-4-10(12)13-9(7)5-8(6)11/h6-10,12H,2-5H2,1H3. The van der Waals surface area contributed by atoms with Crippen LogP contribution in [0.15, 0.2) is 0 Å². The van der Waals surface area contributed by atoms with Crippen LogP contribution in [-0.2, 0) is 4.74 Å². The average Bonchev–Trinajstić information content (AvgIpc) is 2.39. The summed E-state index contributed by atoms with van der Waals surface area (Å²) < 4.78 is 18.8. The Bertz CT molecular complexity index is 186. The molecule has 5 unspecified atom stereocenters. The van der Waals surface area contributed by atoms with Gasteiger partial charge in [0.25, 0.3) is 0 Å². The number of hydrogen-bond donors (Lipinski definition) is 1. The average molecular weight is 188 g/mol. The molecule has 0 radical (unpaired) electrons. The highest BCUT2D eigenvalue weighted by Gasteiger charge is 2.45. The molecule has 1 saturated heterocycles. The van der Waals surface area contributed by atoms with E-state index in [4.69, 9.17) is 4.74 Å². The van der Waals surface area contributed by atoms with Crippen molar-refractivity contribution in [2.24, 2.45) is 11.8 Å². The number of ether oxygens (including phenoxy) is 1. The van der Waals surface area contributed by atoms with Crippen LogP contribution in [0.25, 0.3) is 0 Å². The fraction of sp³-hybridized carbons (Fsp3) is 1.00. The van der Waals surface area contributed by atoms with E-state index in [1.54, 1.807) is 0 Å².